The van der Waals surface area contributed by atoms with Gasteiger partial charge < -0.3 is 19.9 Å². The first-order valence-electron chi connectivity index (χ1n) is 7.54. The molecule has 1 aliphatic rings. The average molecular weight is 299 g/mol. The molecule has 4 heteroatoms. The van der Waals surface area contributed by atoms with E-state index in [4.69, 9.17) is 9.47 Å². The number of para-hydroxylation sites is 1. The Bertz CT molecular complexity index is 642. The van der Waals surface area contributed by atoms with Gasteiger partial charge in [-0.2, -0.15) is 0 Å². The molecule has 0 radical (unpaired) electrons. The summed E-state index contributed by atoms with van der Waals surface area (Å²) >= 11 is 0. The zero-order valence-electron chi connectivity index (χ0n) is 12.7. The molecule has 1 heterocycles. The Morgan fingerprint density at radius 3 is 3.00 bits per heavy atom. The maximum absolute atomic E-state index is 10.3. The van der Waals surface area contributed by atoms with Gasteiger partial charge in [-0.05, 0) is 23.3 Å². The maximum Gasteiger partial charge on any atom is 0.124 e. The van der Waals surface area contributed by atoms with Gasteiger partial charge in [-0.15, -0.1) is 0 Å². The molecule has 3 rings (SSSR count). The van der Waals surface area contributed by atoms with Crippen molar-refractivity contribution in [3.63, 3.8) is 0 Å². The number of benzene rings is 2. The van der Waals surface area contributed by atoms with E-state index in [1.54, 1.807) is 7.11 Å². The largest absolute Gasteiger partial charge is 0.496 e. The Kier molecular flexibility index (Phi) is 4.61. The van der Waals surface area contributed by atoms with Crippen LogP contribution in [-0.2, 0) is 13.0 Å². The lowest BCUT2D eigenvalue weighted by Crippen LogP contribution is -2.21. The van der Waals surface area contributed by atoms with Gasteiger partial charge in [0.05, 0.1) is 19.8 Å². The van der Waals surface area contributed by atoms with Crippen LogP contribution in [0.25, 0.3) is 0 Å². The van der Waals surface area contributed by atoms with Crippen molar-refractivity contribution in [2.45, 2.75) is 19.1 Å². The van der Waals surface area contributed by atoms with Crippen LogP contribution >= 0.6 is 0 Å². The second kappa shape index (κ2) is 6.81. The van der Waals surface area contributed by atoms with E-state index in [-0.39, 0.29) is 0 Å². The second-order valence-corrected chi connectivity index (χ2v) is 5.43. The minimum atomic E-state index is -0.589. The molecule has 0 spiro atoms. The molecule has 0 saturated heterocycles. The molecule has 0 bridgehead atoms. The Balaban J connectivity index is 1.56. The molecule has 0 fully saturated rings. The first kappa shape index (κ1) is 14.9. The van der Waals surface area contributed by atoms with Crippen LogP contribution < -0.4 is 14.8 Å². The van der Waals surface area contributed by atoms with Crippen molar-refractivity contribution in [3.05, 3.63) is 59.2 Å². The van der Waals surface area contributed by atoms with E-state index in [0.29, 0.717) is 12.3 Å². The van der Waals surface area contributed by atoms with Crippen molar-refractivity contribution in [2.75, 3.05) is 20.3 Å². The molecule has 22 heavy (non-hydrogen) atoms. The van der Waals surface area contributed by atoms with Crippen molar-refractivity contribution in [1.82, 2.24) is 5.32 Å². The highest BCUT2D eigenvalue weighted by Gasteiger charge is 2.14. The first-order chi connectivity index (χ1) is 10.8. The molecule has 2 N–H and O–H groups in total. The number of nitrogens with one attached hydrogen (secondary N) is 1. The number of hydrogen-bond acceptors (Lipinski definition) is 4. The van der Waals surface area contributed by atoms with Gasteiger partial charge in [-0.25, -0.2) is 0 Å². The standard InChI is InChI=1S/C18H21NO3/c1-21-18-5-3-2-4-15(18)16(20)12-19-11-13-6-7-17-14(10-13)8-9-22-17/h2-7,10,16,19-20H,8-9,11-12H2,1H3/t16-/m0/s1. The van der Waals surface area contributed by atoms with Crippen LogP contribution in [0.1, 0.15) is 22.8 Å². The number of aliphatic hydroxyl groups excluding tert-OH is 1. The van der Waals surface area contributed by atoms with Gasteiger partial charge in [0.2, 0.25) is 0 Å². The Morgan fingerprint density at radius 1 is 1.27 bits per heavy atom. The topological polar surface area (TPSA) is 50.7 Å². The van der Waals surface area contributed by atoms with Crippen LogP contribution in [0, 0.1) is 0 Å². The average Bonchev–Trinajstić information content (AvgIpc) is 3.02. The molecule has 1 atom stereocenters. The van der Waals surface area contributed by atoms with E-state index >= 15 is 0 Å². The fourth-order valence-electron chi connectivity index (χ4n) is 2.75. The summed E-state index contributed by atoms with van der Waals surface area (Å²) in [6.07, 6.45) is 0.390. The van der Waals surface area contributed by atoms with Gasteiger partial charge in [-0.1, -0.05) is 30.3 Å². The summed E-state index contributed by atoms with van der Waals surface area (Å²) in [6, 6.07) is 13.8. The highest BCUT2D eigenvalue weighted by molar-refractivity contribution is 5.40. The van der Waals surface area contributed by atoms with Crippen LogP contribution in [0.5, 0.6) is 11.5 Å². The molecule has 1 aliphatic heterocycles. The molecular weight excluding hydrogens is 278 g/mol. The quantitative estimate of drug-likeness (QED) is 0.860. The molecule has 0 amide bonds. The van der Waals surface area contributed by atoms with Crippen molar-refractivity contribution >= 4 is 0 Å². The molecule has 0 aromatic heterocycles. The lowest BCUT2D eigenvalue weighted by Gasteiger charge is -2.15. The highest BCUT2D eigenvalue weighted by Crippen LogP contribution is 2.26. The molecule has 2 aromatic rings. The molecule has 0 aliphatic carbocycles. The van der Waals surface area contributed by atoms with E-state index < -0.39 is 6.10 Å². The number of hydrogen-bond donors (Lipinski definition) is 2. The third-order valence-electron chi connectivity index (χ3n) is 3.92. The summed E-state index contributed by atoms with van der Waals surface area (Å²) in [5.74, 6) is 1.71. The monoisotopic (exact) mass is 299 g/mol. The summed E-state index contributed by atoms with van der Waals surface area (Å²) in [5, 5.41) is 13.6. The molecule has 4 nitrogen and oxygen atoms in total. The molecule has 0 saturated carbocycles. The second-order valence-electron chi connectivity index (χ2n) is 5.43. The predicted molar refractivity (Wildman–Crippen MR) is 85.3 cm³/mol. The highest BCUT2D eigenvalue weighted by atomic mass is 16.5. The minimum Gasteiger partial charge on any atom is -0.496 e. The number of ether oxygens (including phenoxy) is 2. The van der Waals surface area contributed by atoms with Gasteiger partial charge >= 0.3 is 0 Å². The fraction of sp³-hybridized carbons (Fsp3) is 0.333. The molecule has 116 valence electrons. The zero-order chi connectivity index (χ0) is 15.4. The summed E-state index contributed by atoms with van der Waals surface area (Å²) in [5.41, 5.74) is 3.28. The zero-order valence-corrected chi connectivity index (χ0v) is 12.7. The lowest BCUT2D eigenvalue weighted by atomic mass is 10.1. The van der Waals surface area contributed by atoms with Gasteiger partial charge in [-0.3, -0.25) is 0 Å². The summed E-state index contributed by atoms with van der Waals surface area (Å²) < 4.78 is 10.8. The molecule has 0 unspecified atom stereocenters. The van der Waals surface area contributed by atoms with Crippen LogP contribution in [0.15, 0.2) is 42.5 Å². The van der Waals surface area contributed by atoms with Crippen LogP contribution in [0.4, 0.5) is 0 Å². The van der Waals surface area contributed by atoms with Gasteiger partial charge in [0.15, 0.2) is 0 Å². The van der Waals surface area contributed by atoms with Crippen molar-refractivity contribution in [1.29, 1.82) is 0 Å². The lowest BCUT2D eigenvalue weighted by molar-refractivity contribution is 0.170. The van der Waals surface area contributed by atoms with E-state index in [0.717, 1.165) is 30.9 Å². The third-order valence-corrected chi connectivity index (χ3v) is 3.92. The maximum atomic E-state index is 10.3. The van der Waals surface area contributed by atoms with Crippen molar-refractivity contribution in [2.24, 2.45) is 0 Å². The third kappa shape index (κ3) is 3.24. The summed E-state index contributed by atoms with van der Waals surface area (Å²) in [7, 11) is 1.62. The molecular formula is C18H21NO3. The Hall–Kier alpha value is -2.04. The van der Waals surface area contributed by atoms with Crippen molar-refractivity contribution < 1.29 is 14.6 Å². The van der Waals surface area contributed by atoms with E-state index in [9.17, 15) is 5.11 Å². The van der Waals surface area contributed by atoms with E-state index in [1.165, 1.54) is 11.1 Å². The Morgan fingerprint density at radius 2 is 2.14 bits per heavy atom. The molecule has 2 aromatic carbocycles. The van der Waals surface area contributed by atoms with Gasteiger partial charge in [0.25, 0.3) is 0 Å². The normalized spacial score (nSPS) is 14.3. The number of rotatable bonds is 6. The number of aliphatic hydroxyl groups is 1. The van der Waals surface area contributed by atoms with Crippen LogP contribution in [0.2, 0.25) is 0 Å². The van der Waals surface area contributed by atoms with E-state index in [2.05, 4.69) is 17.4 Å². The van der Waals surface area contributed by atoms with Crippen molar-refractivity contribution in [3.8, 4) is 11.5 Å². The smallest absolute Gasteiger partial charge is 0.124 e. The number of fused-ring (bicyclic) bond motifs is 1. The van der Waals surface area contributed by atoms with Gasteiger partial charge in [0, 0.05) is 25.1 Å². The minimum absolute atomic E-state index is 0.480. The SMILES string of the molecule is COc1ccccc1[C@@H](O)CNCc1ccc2c(c1)CCO2. The first-order valence-corrected chi connectivity index (χ1v) is 7.54. The summed E-state index contributed by atoms with van der Waals surface area (Å²) in [4.78, 5) is 0. The van der Waals surface area contributed by atoms with Crippen LogP contribution in [-0.4, -0.2) is 25.4 Å². The van der Waals surface area contributed by atoms with E-state index in [1.807, 2.05) is 30.3 Å². The predicted octanol–water partition coefficient (Wildman–Crippen LogP) is 2.45. The Labute approximate surface area is 130 Å². The summed E-state index contributed by atoms with van der Waals surface area (Å²) in [6.45, 7) is 1.98. The fourth-order valence-corrected chi connectivity index (χ4v) is 2.75. The van der Waals surface area contributed by atoms with Crippen LogP contribution in [0.3, 0.4) is 0 Å². The van der Waals surface area contributed by atoms with Gasteiger partial charge in [0.1, 0.15) is 11.5 Å². The number of methoxy groups -OCH3 is 1.